The second kappa shape index (κ2) is 8.01. The van der Waals surface area contributed by atoms with Crippen LogP contribution in [0.3, 0.4) is 0 Å². The summed E-state index contributed by atoms with van der Waals surface area (Å²) >= 11 is 0. The molecular weight excluding hydrogens is 168 g/mol. The molecule has 0 aliphatic carbocycles. The molecule has 0 aromatic heterocycles. The van der Waals surface area contributed by atoms with Gasteiger partial charge in [0, 0.05) is 6.42 Å². The Kier molecular flexibility index (Phi) is 7.63. The molecule has 0 spiro atoms. The lowest BCUT2D eigenvalue weighted by atomic mass is 10.2. The summed E-state index contributed by atoms with van der Waals surface area (Å²) in [5, 5.41) is 12.1. The van der Waals surface area contributed by atoms with Gasteiger partial charge in [-0.05, 0) is 39.3 Å². The van der Waals surface area contributed by atoms with E-state index in [0.717, 1.165) is 32.4 Å². The number of hydrogen-bond acceptors (Lipinski definition) is 3. The molecule has 0 fully saturated rings. The monoisotopic (exact) mass is 188 g/mol. The number of aliphatic hydroxyl groups is 1. The molecule has 0 bridgehead atoms. The molecule has 0 rings (SSSR count). The van der Waals surface area contributed by atoms with Gasteiger partial charge in [0.05, 0.1) is 6.10 Å². The van der Waals surface area contributed by atoms with E-state index in [1.165, 1.54) is 0 Å². The molecule has 78 valence electrons. The predicted molar refractivity (Wildman–Crippen MR) is 52.2 cm³/mol. The average molecular weight is 188 g/mol. The number of carbonyl (C=O) groups excluding carboxylic acids is 1. The van der Waals surface area contributed by atoms with Crippen LogP contribution in [0, 0.1) is 0 Å². The number of primary amides is 1. The maximum Gasteiger partial charge on any atom is 0.217 e. The standard InChI is InChI=1S/C9H20N2O2/c1-8(12)5-7-11-6-3-2-4-9(10)13/h8,11-12H,2-7H2,1H3,(H2,10,13). The fraction of sp³-hybridized carbons (Fsp3) is 0.889. The van der Waals surface area contributed by atoms with Gasteiger partial charge in [-0.3, -0.25) is 4.79 Å². The van der Waals surface area contributed by atoms with Gasteiger partial charge in [0.15, 0.2) is 0 Å². The van der Waals surface area contributed by atoms with Crippen LogP contribution in [0.25, 0.3) is 0 Å². The maximum atomic E-state index is 10.3. The summed E-state index contributed by atoms with van der Waals surface area (Å²) in [4.78, 5) is 10.3. The molecule has 1 atom stereocenters. The van der Waals surface area contributed by atoms with Crippen LogP contribution in [0.5, 0.6) is 0 Å². The smallest absolute Gasteiger partial charge is 0.217 e. The van der Waals surface area contributed by atoms with E-state index in [4.69, 9.17) is 10.8 Å². The van der Waals surface area contributed by atoms with E-state index in [0.29, 0.717) is 6.42 Å². The van der Waals surface area contributed by atoms with Crippen LogP contribution >= 0.6 is 0 Å². The van der Waals surface area contributed by atoms with Crippen LogP contribution in [0.1, 0.15) is 32.6 Å². The molecule has 4 heteroatoms. The van der Waals surface area contributed by atoms with Crippen LogP contribution in [-0.4, -0.2) is 30.2 Å². The van der Waals surface area contributed by atoms with Gasteiger partial charge < -0.3 is 16.2 Å². The van der Waals surface area contributed by atoms with E-state index in [1.807, 2.05) is 0 Å². The fourth-order valence-electron chi connectivity index (χ4n) is 0.985. The van der Waals surface area contributed by atoms with Gasteiger partial charge in [0.1, 0.15) is 0 Å². The number of nitrogens with two attached hydrogens (primary N) is 1. The first-order valence-corrected chi connectivity index (χ1v) is 4.80. The SMILES string of the molecule is CC(O)CCNCCCCC(N)=O. The molecule has 13 heavy (non-hydrogen) atoms. The van der Waals surface area contributed by atoms with Gasteiger partial charge in [-0.25, -0.2) is 0 Å². The number of aliphatic hydroxyl groups excluding tert-OH is 1. The first-order chi connectivity index (χ1) is 6.13. The van der Waals surface area contributed by atoms with Crippen molar-refractivity contribution in [3.8, 4) is 0 Å². The van der Waals surface area contributed by atoms with Gasteiger partial charge in [-0.15, -0.1) is 0 Å². The zero-order valence-corrected chi connectivity index (χ0v) is 8.25. The zero-order valence-electron chi connectivity index (χ0n) is 8.25. The second-order valence-corrected chi connectivity index (χ2v) is 3.31. The highest BCUT2D eigenvalue weighted by Gasteiger charge is 1.95. The summed E-state index contributed by atoms with van der Waals surface area (Å²) in [5.74, 6) is -0.232. The third kappa shape index (κ3) is 11.4. The lowest BCUT2D eigenvalue weighted by molar-refractivity contribution is -0.118. The van der Waals surface area contributed by atoms with E-state index < -0.39 is 0 Å². The molecular formula is C9H20N2O2. The van der Waals surface area contributed by atoms with Crippen LogP contribution in [-0.2, 0) is 4.79 Å². The van der Waals surface area contributed by atoms with Gasteiger partial charge in [0.2, 0.25) is 5.91 Å². The molecule has 0 aliphatic heterocycles. The summed E-state index contributed by atoms with van der Waals surface area (Å²) in [6.45, 7) is 3.49. The largest absolute Gasteiger partial charge is 0.393 e. The molecule has 1 amide bonds. The maximum absolute atomic E-state index is 10.3. The molecule has 0 saturated carbocycles. The summed E-state index contributed by atoms with van der Waals surface area (Å²) < 4.78 is 0. The first kappa shape index (κ1) is 12.4. The fourth-order valence-corrected chi connectivity index (χ4v) is 0.985. The lowest BCUT2D eigenvalue weighted by Crippen LogP contribution is -2.20. The van der Waals surface area contributed by atoms with Crippen molar-refractivity contribution in [2.24, 2.45) is 5.73 Å². The van der Waals surface area contributed by atoms with Crippen LogP contribution in [0.15, 0.2) is 0 Å². The molecule has 0 aliphatic rings. The minimum Gasteiger partial charge on any atom is -0.393 e. The van der Waals surface area contributed by atoms with Gasteiger partial charge in [-0.2, -0.15) is 0 Å². The van der Waals surface area contributed by atoms with Crippen LogP contribution in [0.2, 0.25) is 0 Å². The third-order valence-electron chi connectivity index (χ3n) is 1.77. The van der Waals surface area contributed by atoms with Gasteiger partial charge in [-0.1, -0.05) is 0 Å². The minimum absolute atomic E-state index is 0.232. The van der Waals surface area contributed by atoms with E-state index in [9.17, 15) is 4.79 Å². The van der Waals surface area contributed by atoms with E-state index in [-0.39, 0.29) is 12.0 Å². The highest BCUT2D eigenvalue weighted by atomic mass is 16.3. The normalized spacial score (nSPS) is 12.8. The number of unbranched alkanes of at least 4 members (excludes halogenated alkanes) is 1. The van der Waals surface area contributed by atoms with Crippen molar-refractivity contribution in [3.05, 3.63) is 0 Å². The Bertz CT molecular complexity index is 138. The summed E-state index contributed by atoms with van der Waals surface area (Å²) in [6.07, 6.45) is 2.81. The van der Waals surface area contributed by atoms with Crippen molar-refractivity contribution in [2.75, 3.05) is 13.1 Å². The number of rotatable bonds is 8. The molecule has 4 N–H and O–H groups in total. The highest BCUT2D eigenvalue weighted by Crippen LogP contribution is 1.92. The molecule has 0 radical (unpaired) electrons. The number of nitrogens with one attached hydrogen (secondary N) is 1. The second-order valence-electron chi connectivity index (χ2n) is 3.31. The Balaban J connectivity index is 2.96. The Morgan fingerprint density at radius 3 is 2.69 bits per heavy atom. The summed E-state index contributed by atoms with van der Waals surface area (Å²) in [7, 11) is 0. The zero-order chi connectivity index (χ0) is 10.1. The number of carbonyl (C=O) groups is 1. The molecule has 0 aromatic carbocycles. The molecule has 0 aromatic rings. The van der Waals surface area contributed by atoms with Crippen LogP contribution < -0.4 is 11.1 Å². The van der Waals surface area contributed by atoms with Crippen molar-refractivity contribution in [1.82, 2.24) is 5.32 Å². The Morgan fingerprint density at radius 2 is 2.15 bits per heavy atom. The molecule has 0 heterocycles. The van der Waals surface area contributed by atoms with Gasteiger partial charge in [0.25, 0.3) is 0 Å². The van der Waals surface area contributed by atoms with Crippen molar-refractivity contribution in [3.63, 3.8) is 0 Å². The lowest BCUT2D eigenvalue weighted by Gasteiger charge is -2.05. The number of hydrogen-bond donors (Lipinski definition) is 3. The Labute approximate surface area is 79.5 Å². The average Bonchev–Trinajstić information content (AvgIpc) is 2.01. The molecule has 4 nitrogen and oxygen atoms in total. The highest BCUT2D eigenvalue weighted by molar-refractivity contribution is 5.73. The van der Waals surface area contributed by atoms with Crippen LogP contribution in [0.4, 0.5) is 0 Å². The Morgan fingerprint density at radius 1 is 1.46 bits per heavy atom. The first-order valence-electron chi connectivity index (χ1n) is 4.80. The molecule has 0 saturated heterocycles. The van der Waals surface area contributed by atoms with Crippen molar-refractivity contribution < 1.29 is 9.90 Å². The minimum atomic E-state index is -0.238. The summed E-state index contributed by atoms with van der Waals surface area (Å²) in [6, 6.07) is 0. The van der Waals surface area contributed by atoms with E-state index >= 15 is 0 Å². The van der Waals surface area contributed by atoms with E-state index in [2.05, 4.69) is 5.32 Å². The van der Waals surface area contributed by atoms with Gasteiger partial charge >= 0.3 is 0 Å². The van der Waals surface area contributed by atoms with Crippen molar-refractivity contribution in [2.45, 2.75) is 38.7 Å². The third-order valence-corrected chi connectivity index (χ3v) is 1.77. The molecule has 1 unspecified atom stereocenters. The topological polar surface area (TPSA) is 75.3 Å². The quantitative estimate of drug-likeness (QED) is 0.469. The predicted octanol–water partition coefficient (Wildman–Crippen LogP) is 0.00250. The van der Waals surface area contributed by atoms with Crippen molar-refractivity contribution in [1.29, 1.82) is 0 Å². The van der Waals surface area contributed by atoms with E-state index in [1.54, 1.807) is 6.92 Å². The summed E-state index contributed by atoms with van der Waals surface area (Å²) in [5.41, 5.74) is 4.98. The van der Waals surface area contributed by atoms with Crippen molar-refractivity contribution >= 4 is 5.91 Å². The number of amides is 1. The Hall–Kier alpha value is -0.610.